The molecular formula is C29H48BOSi. The predicted molar refractivity (Wildman–Crippen MR) is 145 cm³/mol. The zero-order valence-electron chi connectivity index (χ0n) is 22.7. The molecule has 1 radical (unpaired) electrons. The summed E-state index contributed by atoms with van der Waals surface area (Å²) in [7, 11) is 4.84. The van der Waals surface area contributed by atoms with E-state index >= 15 is 0 Å². The van der Waals surface area contributed by atoms with E-state index in [1.807, 2.05) is 0 Å². The van der Waals surface area contributed by atoms with Gasteiger partial charge in [-0.15, -0.1) is 0 Å². The fourth-order valence-electron chi connectivity index (χ4n) is 6.32. The third-order valence-corrected chi connectivity index (χ3v) is 13.6. The number of rotatable bonds is 3. The Labute approximate surface area is 201 Å². The Kier molecular flexibility index (Phi) is 7.17. The van der Waals surface area contributed by atoms with Crippen LogP contribution in [-0.4, -0.2) is 27.4 Å². The fraction of sp³-hybridized carbons (Fsp3) is 0.759. The average Bonchev–Trinajstić information content (AvgIpc) is 3.00. The number of hydrogen-bond acceptors (Lipinski definition) is 1. The van der Waals surface area contributed by atoms with Gasteiger partial charge in [0, 0.05) is 0 Å². The normalized spacial score (nSPS) is 34.7. The van der Waals surface area contributed by atoms with Crippen molar-refractivity contribution in [3.8, 4) is 0 Å². The Balaban J connectivity index is 1.82. The second-order valence-electron chi connectivity index (χ2n) is 13.7. The summed E-state index contributed by atoms with van der Waals surface area (Å²) in [6.07, 6.45) is 14.7. The molecule has 0 unspecified atom stereocenters. The van der Waals surface area contributed by atoms with Crippen molar-refractivity contribution in [2.45, 2.75) is 118 Å². The molecule has 3 rings (SSSR count). The third kappa shape index (κ3) is 5.04. The monoisotopic (exact) mass is 451 g/mol. The first-order valence-electron chi connectivity index (χ1n) is 13.0. The summed E-state index contributed by atoms with van der Waals surface area (Å²) in [5, 5.41) is 0.238. The Morgan fingerprint density at radius 1 is 1.12 bits per heavy atom. The van der Waals surface area contributed by atoms with Gasteiger partial charge in [-0.1, -0.05) is 0 Å². The van der Waals surface area contributed by atoms with E-state index in [1.165, 1.54) is 31.3 Å². The first kappa shape index (κ1) is 25.9. The van der Waals surface area contributed by atoms with Gasteiger partial charge in [0.2, 0.25) is 0 Å². The molecule has 0 spiro atoms. The van der Waals surface area contributed by atoms with Crippen LogP contribution >= 0.6 is 0 Å². The first-order chi connectivity index (χ1) is 14.6. The van der Waals surface area contributed by atoms with Crippen molar-refractivity contribution < 1.29 is 4.43 Å². The molecule has 0 N–H and O–H groups in total. The van der Waals surface area contributed by atoms with Gasteiger partial charge in [-0.05, 0) is 0 Å². The van der Waals surface area contributed by atoms with Gasteiger partial charge in [0.1, 0.15) is 0 Å². The van der Waals surface area contributed by atoms with E-state index in [2.05, 4.69) is 86.7 Å². The minimum absolute atomic E-state index is 0.238. The summed E-state index contributed by atoms with van der Waals surface area (Å²) < 4.78 is 6.82. The Morgan fingerprint density at radius 2 is 1.78 bits per heavy atom. The third-order valence-electron chi connectivity index (χ3n) is 9.09. The summed E-state index contributed by atoms with van der Waals surface area (Å²) in [6, 6.07) is 0. The molecular weight excluding hydrogens is 403 g/mol. The summed E-state index contributed by atoms with van der Waals surface area (Å²) in [6.45, 7) is 23.7. The van der Waals surface area contributed by atoms with Gasteiger partial charge in [0.05, 0.1) is 0 Å². The maximum atomic E-state index is 6.82. The van der Waals surface area contributed by atoms with E-state index in [0.717, 1.165) is 18.3 Å². The average molecular weight is 452 g/mol. The van der Waals surface area contributed by atoms with E-state index in [0.29, 0.717) is 23.4 Å². The molecule has 3 heteroatoms. The topological polar surface area (TPSA) is 9.23 Å². The zero-order chi connectivity index (χ0) is 24.1. The molecule has 0 aromatic carbocycles. The van der Waals surface area contributed by atoms with Crippen molar-refractivity contribution in [3.05, 3.63) is 34.9 Å². The van der Waals surface area contributed by atoms with E-state index < -0.39 is 8.32 Å². The Bertz CT molecular complexity index is 832. The molecule has 4 atom stereocenters. The van der Waals surface area contributed by atoms with Gasteiger partial charge in [0.15, 0.2) is 0 Å². The van der Waals surface area contributed by atoms with Crippen LogP contribution in [0.5, 0.6) is 0 Å². The SMILES string of the molecule is [B]=C1/C(=C\C=C2/CCC[C@]3(C)C(C(C)(C)C)=CC[C@@H]23)C[C@@H](O[Si](C)(C)C(C)(C)C)C[C@@H]1C. The minimum atomic E-state index is -1.78. The molecule has 0 aromatic heterocycles. The van der Waals surface area contributed by atoms with Crippen LogP contribution in [0.2, 0.25) is 18.1 Å². The molecule has 2 saturated carbocycles. The number of hydrogen-bond donors (Lipinski definition) is 0. The molecule has 0 heterocycles. The van der Waals surface area contributed by atoms with Crippen LogP contribution in [0, 0.1) is 22.7 Å². The van der Waals surface area contributed by atoms with Gasteiger partial charge in [0.25, 0.3) is 0 Å². The van der Waals surface area contributed by atoms with Crippen LogP contribution in [0.15, 0.2) is 34.9 Å². The second kappa shape index (κ2) is 8.84. The first-order valence-corrected chi connectivity index (χ1v) is 15.9. The number of allylic oxidation sites excluding steroid dienone is 5. The molecule has 0 aromatic rings. The van der Waals surface area contributed by atoms with Crippen LogP contribution in [-0.2, 0) is 4.43 Å². The van der Waals surface area contributed by atoms with Crippen LogP contribution in [0.1, 0.15) is 93.9 Å². The van der Waals surface area contributed by atoms with Crippen LogP contribution in [0.3, 0.4) is 0 Å². The van der Waals surface area contributed by atoms with Gasteiger partial charge in [-0.25, -0.2) is 0 Å². The van der Waals surface area contributed by atoms with Gasteiger partial charge >= 0.3 is 201 Å². The van der Waals surface area contributed by atoms with Crippen molar-refractivity contribution in [1.82, 2.24) is 0 Å². The van der Waals surface area contributed by atoms with Gasteiger partial charge < -0.3 is 0 Å². The summed E-state index contributed by atoms with van der Waals surface area (Å²) in [4.78, 5) is 0. The van der Waals surface area contributed by atoms with Crippen molar-refractivity contribution >= 4 is 21.3 Å². The molecule has 3 aliphatic carbocycles. The molecule has 2 fully saturated rings. The van der Waals surface area contributed by atoms with Gasteiger partial charge in [-0.3, -0.25) is 0 Å². The van der Waals surface area contributed by atoms with E-state index in [9.17, 15) is 0 Å². The Hall–Kier alpha value is -0.668. The maximum absolute atomic E-state index is 6.82. The molecule has 0 saturated heterocycles. The molecule has 3 aliphatic rings. The number of fused-ring (bicyclic) bond motifs is 1. The van der Waals surface area contributed by atoms with Crippen molar-refractivity contribution in [2.24, 2.45) is 22.7 Å². The van der Waals surface area contributed by atoms with Crippen LogP contribution in [0.25, 0.3) is 0 Å². The molecule has 1 nitrogen and oxygen atoms in total. The van der Waals surface area contributed by atoms with Crippen LogP contribution < -0.4 is 0 Å². The molecule has 0 bridgehead atoms. The Morgan fingerprint density at radius 3 is 2.38 bits per heavy atom. The molecule has 0 aliphatic heterocycles. The van der Waals surface area contributed by atoms with E-state index in [1.54, 1.807) is 11.1 Å². The summed E-state index contributed by atoms with van der Waals surface area (Å²) >= 11 is 0. The molecule has 0 amide bonds. The standard InChI is InChI=1S/C29H48BOSi/c1-20-18-23(31-32(9,10)28(5,6)7)19-22(26(20)30)14-13-21-12-11-17-29(8)24(21)15-16-25(29)27(2,3)4/h13-14,16,20,23-24H,11-12,15,17-19H2,1-10H3/b21-13+,22-14-/t20-,23-,24-,29-/m0/s1. The quantitative estimate of drug-likeness (QED) is 0.310. The van der Waals surface area contributed by atoms with Crippen LogP contribution in [0.4, 0.5) is 0 Å². The van der Waals surface area contributed by atoms with Crippen molar-refractivity contribution in [3.63, 3.8) is 0 Å². The van der Waals surface area contributed by atoms with E-state index in [-0.39, 0.29) is 10.5 Å². The van der Waals surface area contributed by atoms with Crippen molar-refractivity contribution in [1.29, 1.82) is 0 Å². The van der Waals surface area contributed by atoms with E-state index in [4.69, 9.17) is 11.9 Å². The second-order valence-corrected chi connectivity index (χ2v) is 18.4. The summed E-state index contributed by atoms with van der Waals surface area (Å²) in [5.74, 6) is 1.05. The fourth-order valence-corrected chi connectivity index (χ4v) is 7.69. The predicted octanol–water partition coefficient (Wildman–Crippen LogP) is 8.18. The molecule has 177 valence electrons. The zero-order valence-corrected chi connectivity index (χ0v) is 23.7. The van der Waals surface area contributed by atoms with Gasteiger partial charge in [-0.2, -0.15) is 0 Å². The molecule has 32 heavy (non-hydrogen) atoms. The summed E-state index contributed by atoms with van der Waals surface area (Å²) in [5.41, 5.74) is 6.28. The van der Waals surface area contributed by atoms with Crippen molar-refractivity contribution in [2.75, 3.05) is 0 Å².